The quantitative estimate of drug-likeness (QED) is 0.388. The minimum Gasteiger partial charge on any atom is -0.382 e. The lowest BCUT2D eigenvalue weighted by Crippen LogP contribution is -2.27. The SMILES string of the molecule is Cc1cc(-c2ccccn2)nc2cc(-c3cn4c(C5CCC(C(N)=O)CC5)ncc4c(N)n3)ccc12. The Labute approximate surface area is 208 Å². The lowest BCUT2D eigenvalue weighted by Gasteiger charge is -2.25. The van der Waals surface area contributed by atoms with Gasteiger partial charge in [-0.1, -0.05) is 18.2 Å². The third-order valence-electron chi connectivity index (χ3n) is 7.31. The van der Waals surface area contributed by atoms with E-state index >= 15 is 0 Å². The number of pyridine rings is 2. The summed E-state index contributed by atoms with van der Waals surface area (Å²) in [6.07, 6.45) is 8.89. The third kappa shape index (κ3) is 3.84. The van der Waals surface area contributed by atoms with Crippen LogP contribution in [0.2, 0.25) is 0 Å². The van der Waals surface area contributed by atoms with E-state index in [4.69, 9.17) is 26.4 Å². The smallest absolute Gasteiger partial charge is 0.220 e. The molecule has 8 nitrogen and oxygen atoms in total. The molecule has 180 valence electrons. The van der Waals surface area contributed by atoms with Crippen LogP contribution in [0.5, 0.6) is 0 Å². The van der Waals surface area contributed by atoms with Crippen LogP contribution in [0.3, 0.4) is 0 Å². The van der Waals surface area contributed by atoms with Crippen LogP contribution < -0.4 is 11.5 Å². The highest BCUT2D eigenvalue weighted by atomic mass is 16.1. The van der Waals surface area contributed by atoms with E-state index < -0.39 is 0 Å². The van der Waals surface area contributed by atoms with E-state index in [1.165, 1.54) is 0 Å². The summed E-state index contributed by atoms with van der Waals surface area (Å²) in [7, 11) is 0. The van der Waals surface area contributed by atoms with Crippen LogP contribution in [-0.2, 0) is 4.79 Å². The van der Waals surface area contributed by atoms with Gasteiger partial charge in [0.15, 0.2) is 0 Å². The molecule has 36 heavy (non-hydrogen) atoms. The molecule has 6 rings (SSSR count). The fraction of sp³-hybridized carbons (Fsp3) is 0.250. The molecule has 0 radical (unpaired) electrons. The van der Waals surface area contributed by atoms with E-state index in [-0.39, 0.29) is 17.7 Å². The van der Waals surface area contributed by atoms with Gasteiger partial charge in [-0.2, -0.15) is 0 Å². The monoisotopic (exact) mass is 477 g/mol. The first-order valence-electron chi connectivity index (χ1n) is 12.2. The average Bonchev–Trinajstić information content (AvgIpc) is 3.33. The number of amides is 1. The maximum atomic E-state index is 11.6. The van der Waals surface area contributed by atoms with Gasteiger partial charge in [0.1, 0.15) is 17.2 Å². The normalized spacial score (nSPS) is 18.0. The van der Waals surface area contributed by atoms with Gasteiger partial charge in [-0.3, -0.25) is 14.2 Å². The minimum absolute atomic E-state index is 0.0423. The molecule has 0 bridgehead atoms. The Morgan fingerprint density at radius 2 is 1.81 bits per heavy atom. The van der Waals surface area contributed by atoms with E-state index in [1.54, 1.807) is 12.4 Å². The number of hydrogen-bond donors (Lipinski definition) is 2. The summed E-state index contributed by atoms with van der Waals surface area (Å²) in [5.41, 5.74) is 18.1. The fourth-order valence-corrected chi connectivity index (χ4v) is 5.32. The predicted octanol–water partition coefficient (Wildman–Crippen LogP) is 4.66. The molecule has 0 spiro atoms. The van der Waals surface area contributed by atoms with Crippen LogP contribution in [0.25, 0.3) is 39.1 Å². The lowest BCUT2D eigenvalue weighted by atomic mass is 9.81. The number of nitrogens with zero attached hydrogens (tertiary/aromatic N) is 5. The number of carbonyl (C=O) groups is 1. The highest BCUT2D eigenvalue weighted by Gasteiger charge is 2.28. The summed E-state index contributed by atoms with van der Waals surface area (Å²) in [6, 6.07) is 14.1. The van der Waals surface area contributed by atoms with Crippen molar-refractivity contribution in [2.45, 2.75) is 38.5 Å². The Balaban J connectivity index is 1.41. The zero-order valence-corrected chi connectivity index (χ0v) is 20.1. The molecule has 5 aromatic rings. The van der Waals surface area contributed by atoms with Gasteiger partial charge in [0.25, 0.3) is 0 Å². The van der Waals surface area contributed by atoms with Crippen molar-refractivity contribution < 1.29 is 4.79 Å². The van der Waals surface area contributed by atoms with Gasteiger partial charge in [-0.25, -0.2) is 15.0 Å². The van der Waals surface area contributed by atoms with Crippen LogP contribution in [0.15, 0.2) is 61.1 Å². The van der Waals surface area contributed by atoms with Gasteiger partial charge in [-0.05, 0) is 62.4 Å². The summed E-state index contributed by atoms with van der Waals surface area (Å²) >= 11 is 0. The lowest BCUT2D eigenvalue weighted by molar-refractivity contribution is -0.122. The largest absolute Gasteiger partial charge is 0.382 e. The van der Waals surface area contributed by atoms with Crippen LogP contribution in [0.4, 0.5) is 5.82 Å². The molecule has 0 atom stereocenters. The molecule has 1 fully saturated rings. The highest BCUT2D eigenvalue weighted by Crippen LogP contribution is 2.36. The zero-order valence-electron chi connectivity index (χ0n) is 20.1. The molecule has 1 saturated carbocycles. The number of aryl methyl sites for hydroxylation is 1. The Morgan fingerprint density at radius 1 is 0.972 bits per heavy atom. The van der Waals surface area contributed by atoms with E-state index in [9.17, 15) is 4.79 Å². The molecule has 1 amide bonds. The average molecular weight is 478 g/mol. The number of aromatic nitrogens is 5. The first-order valence-corrected chi connectivity index (χ1v) is 12.2. The van der Waals surface area contributed by atoms with Crippen molar-refractivity contribution in [2.24, 2.45) is 11.7 Å². The Hall–Kier alpha value is -4.33. The van der Waals surface area contributed by atoms with Crippen LogP contribution >= 0.6 is 0 Å². The van der Waals surface area contributed by atoms with Crippen molar-refractivity contribution in [1.29, 1.82) is 0 Å². The van der Waals surface area contributed by atoms with Crippen molar-refractivity contribution in [2.75, 3.05) is 5.73 Å². The molecule has 1 aromatic carbocycles. The van der Waals surface area contributed by atoms with Crippen LogP contribution in [0, 0.1) is 12.8 Å². The molecule has 4 heterocycles. The summed E-state index contributed by atoms with van der Waals surface area (Å²) in [4.78, 5) is 30.3. The molecule has 8 heteroatoms. The van der Waals surface area contributed by atoms with Crippen molar-refractivity contribution in [3.8, 4) is 22.6 Å². The molecule has 0 unspecified atom stereocenters. The van der Waals surface area contributed by atoms with Gasteiger partial charge in [0.05, 0.1) is 28.8 Å². The highest BCUT2D eigenvalue weighted by molar-refractivity contribution is 5.88. The molecule has 0 saturated heterocycles. The number of fused-ring (bicyclic) bond motifs is 2. The number of nitrogens with two attached hydrogens (primary N) is 2. The van der Waals surface area contributed by atoms with Crippen LogP contribution in [-0.4, -0.2) is 30.2 Å². The Bertz CT molecular complexity index is 1600. The number of primary amides is 1. The number of nitrogen functional groups attached to an aromatic ring is 1. The van der Waals surface area contributed by atoms with Gasteiger partial charge >= 0.3 is 0 Å². The fourth-order valence-electron chi connectivity index (χ4n) is 5.32. The van der Waals surface area contributed by atoms with E-state index in [0.29, 0.717) is 5.82 Å². The second-order valence-corrected chi connectivity index (χ2v) is 9.61. The van der Waals surface area contributed by atoms with Crippen LogP contribution in [0.1, 0.15) is 43.0 Å². The third-order valence-corrected chi connectivity index (χ3v) is 7.31. The number of hydrogen-bond acceptors (Lipinski definition) is 6. The standard InChI is InChI=1S/C28H27N7O/c1-16-12-23(21-4-2-3-11-31-21)33-22-13-19(9-10-20(16)22)24-15-35-25(26(29)34-24)14-32-28(35)18-7-5-17(6-8-18)27(30)36/h2-4,9-15,17-18H,5-8H2,1H3,(H2,29,34)(H2,30,36). The number of anilines is 1. The van der Waals surface area contributed by atoms with Crippen molar-refractivity contribution in [3.63, 3.8) is 0 Å². The van der Waals surface area contributed by atoms with Crippen molar-refractivity contribution in [3.05, 3.63) is 72.4 Å². The van der Waals surface area contributed by atoms with Gasteiger partial charge in [0, 0.05) is 35.2 Å². The summed E-state index contributed by atoms with van der Waals surface area (Å²) < 4.78 is 2.06. The van der Waals surface area contributed by atoms with E-state index in [0.717, 1.165) is 76.1 Å². The molecular formula is C28H27N7O. The second-order valence-electron chi connectivity index (χ2n) is 9.61. The molecule has 4 N–H and O–H groups in total. The van der Waals surface area contributed by atoms with E-state index in [1.807, 2.05) is 24.4 Å². The number of imidazole rings is 1. The minimum atomic E-state index is -0.205. The summed E-state index contributed by atoms with van der Waals surface area (Å²) in [6.45, 7) is 2.09. The molecule has 0 aliphatic heterocycles. The van der Waals surface area contributed by atoms with Gasteiger partial charge in [-0.15, -0.1) is 0 Å². The number of carbonyl (C=O) groups excluding carboxylic acids is 1. The van der Waals surface area contributed by atoms with Gasteiger partial charge < -0.3 is 11.5 Å². The number of benzene rings is 1. The first-order chi connectivity index (χ1) is 17.5. The maximum Gasteiger partial charge on any atom is 0.220 e. The molecular weight excluding hydrogens is 450 g/mol. The van der Waals surface area contributed by atoms with Gasteiger partial charge in [0.2, 0.25) is 5.91 Å². The topological polar surface area (TPSA) is 125 Å². The number of rotatable bonds is 4. The predicted molar refractivity (Wildman–Crippen MR) is 140 cm³/mol. The Morgan fingerprint density at radius 3 is 2.56 bits per heavy atom. The molecule has 1 aliphatic carbocycles. The first kappa shape index (κ1) is 22.2. The second kappa shape index (κ2) is 8.71. The summed E-state index contributed by atoms with van der Waals surface area (Å²) in [5, 5.41) is 1.09. The molecule has 1 aliphatic rings. The summed E-state index contributed by atoms with van der Waals surface area (Å²) in [5.74, 6) is 1.39. The van der Waals surface area contributed by atoms with Crippen molar-refractivity contribution in [1.82, 2.24) is 24.3 Å². The maximum absolute atomic E-state index is 11.6. The zero-order chi connectivity index (χ0) is 24.8. The van der Waals surface area contributed by atoms with E-state index in [2.05, 4.69) is 40.6 Å². The Kier molecular flexibility index (Phi) is 5.36. The molecule has 4 aromatic heterocycles. The van der Waals surface area contributed by atoms with Crippen molar-refractivity contribution >= 4 is 28.1 Å².